The molecule has 2 heterocycles. The lowest BCUT2D eigenvalue weighted by molar-refractivity contribution is 0.0746. The van der Waals surface area contributed by atoms with Crippen molar-refractivity contribution in [3.63, 3.8) is 0 Å². The maximum Gasteiger partial charge on any atom is 0.264 e. The average Bonchev–Trinajstić information content (AvgIpc) is 3.34. The van der Waals surface area contributed by atoms with Gasteiger partial charge in [-0.05, 0) is 48.5 Å². The van der Waals surface area contributed by atoms with Crippen LogP contribution in [-0.2, 0) is 10.0 Å². The number of carbonyl (C=O) groups is 1. The predicted molar refractivity (Wildman–Crippen MR) is 136 cm³/mol. The Kier molecular flexibility index (Phi) is 6.16. The summed E-state index contributed by atoms with van der Waals surface area (Å²) in [5.74, 6) is -0.486. The van der Waals surface area contributed by atoms with Crippen LogP contribution in [0.15, 0.2) is 77.7 Å². The van der Waals surface area contributed by atoms with Gasteiger partial charge < -0.3 is 9.80 Å². The highest BCUT2D eigenvalue weighted by molar-refractivity contribution is 7.92. The summed E-state index contributed by atoms with van der Waals surface area (Å²) >= 11 is 1.44. The van der Waals surface area contributed by atoms with Crippen molar-refractivity contribution >= 4 is 48.3 Å². The molecule has 4 aromatic rings. The molecule has 0 bridgehead atoms. The first-order valence-electron chi connectivity index (χ1n) is 11.1. The Labute approximate surface area is 207 Å². The Morgan fingerprint density at radius 2 is 1.63 bits per heavy atom. The molecule has 0 spiro atoms. The fourth-order valence-corrected chi connectivity index (χ4v) is 6.25. The van der Waals surface area contributed by atoms with Crippen LogP contribution in [0, 0.1) is 5.82 Å². The SMILES string of the molecule is CN(c1ccccc1)S(=O)(=O)c1ccc(C(=O)N2CCN(c3nc4c(F)cccc4s3)CC2)cc1. The normalized spacial score (nSPS) is 14.3. The monoisotopic (exact) mass is 510 g/mol. The summed E-state index contributed by atoms with van der Waals surface area (Å²) in [4.78, 5) is 21.4. The fourth-order valence-electron chi connectivity index (χ4n) is 4.03. The summed E-state index contributed by atoms with van der Waals surface area (Å²) in [6.45, 7) is 2.16. The number of fused-ring (bicyclic) bond motifs is 1. The van der Waals surface area contributed by atoms with Gasteiger partial charge in [0.1, 0.15) is 11.3 Å². The van der Waals surface area contributed by atoms with Crippen LogP contribution in [0.4, 0.5) is 15.2 Å². The van der Waals surface area contributed by atoms with Gasteiger partial charge in [0, 0.05) is 38.8 Å². The number of aromatic nitrogens is 1. The number of halogens is 1. The molecule has 1 aromatic heterocycles. The van der Waals surface area contributed by atoms with Crippen LogP contribution < -0.4 is 9.21 Å². The second-order valence-corrected chi connectivity index (χ2v) is 11.2. The van der Waals surface area contributed by atoms with Crippen LogP contribution in [0.2, 0.25) is 0 Å². The van der Waals surface area contributed by atoms with Crippen LogP contribution in [0.3, 0.4) is 0 Å². The summed E-state index contributed by atoms with van der Waals surface area (Å²) < 4.78 is 41.9. The molecule has 180 valence electrons. The molecule has 3 aromatic carbocycles. The maximum absolute atomic E-state index is 14.0. The lowest BCUT2D eigenvalue weighted by Crippen LogP contribution is -2.48. The summed E-state index contributed by atoms with van der Waals surface area (Å²) in [6.07, 6.45) is 0. The van der Waals surface area contributed by atoms with Gasteiger partial charge in [-0.3, -0.25) is 9.10 Å². The molecule has 0 radical (unpaired) electrons. The minimum absolute atomic E-state index is 0.119. The number of nitrogens with zero attached hydrogens (tertiary/aromatic N) is 4. The van der Waals surface area contributed by atoms with Gasteiger partial charge in [0.25, 0.3) is 15.9 Å². The highest BCUT2D eigenvalue weighted by Crippen LogP contribution is 2.31. The molecule has 5 rings (SSSR count). The average molecular weight is 511 g/mol. The van der Waals surface area contributed by atoms with Gasteiger partial charge in [0.15, 0.2) is 5.13 Å². The highest BCUT2D eigenvalue weighted by atomic mass is 32.2. The summed E-state index contributed by atoms with van der Waals surface area (Å²) in [7, 11) is -2.24. The number of hydrogen-bond acceptors (Lipinski definition) is 6. The Bertz CT molecular complexity index is 1470. The smallest absolute Gasteiger partial charge is 0.264 e. The van der Waals surface area contributed by atoms with Crippen molar-refractivity contribution in [2.24, 2.45) is 0 Å². The molecule has 35 heavy (non-hydrogen) atoms. The van der Waals surface area contributed by atoms with Crippen molar-refractivity contribution in [1.29, 1.82) is 0 Å². The number of hydrogen-bond donors (Lipinski definition) is 0. The van der Waals surface area contributed by atoms with Crippen LogP contribution in [0.1, 0.15) is 10.4 Å². The molecule has 0 saturated carbocycles. The molecule has 1 saturated heterocycles. The molecule has 0 aliphatic carbocycles. The van der Waals surface area contributed by atoms with Crippen molar-refractivity contribution < 1.29 is 17.6 Å². The minimum Gasteiger partial charge on any atom is -0.345 e. The van der Waals surface area contributed by atoms with E-state index in [1.54, 1.807) is 47.4 Å². The minimum atomic E-state index is -3.74. The maximum atomic E-state index is 14.0. The third-order valence-corrected chi connectivity index (χ3v) is 8.96. The first-order valence-corrected chi connectivity index (χ1v) is 13.3. The van der Waals surface area contributed by atoms with Crippen LogP contribution in [0.5, 0.6) is 0 Å². The van der Waals surface area contributed by atoms with E-state index in [1.165, 1.54) is 40.9 Å². The van der Waals surface area contributed by atoms with Gasteiger partial charge in [0.2, 0.25) is 0 Å². The van der Waals surface area contributed by atoms with Crippen molar-refractivity contribution in [2.75, 3.05) is 42.4 Å². The molecule has 1 fully saturated rings. The second-order valence-electron chi connectivity index (χ2n) is 8.19. The fraction of sp³-hybridized carbons (Fsp3) is 0.200. The largest absolute Gasteiger partial charge is 0.345 e. The summed E-state index contributed by atoms with van der Waals surface area (Å²) in [5, 5.41) is 0.745. The van der Waals surface area contributed by atoms with Gasteiger partial charge in [-0.1, -0.05) is 35.6 Å². The number of sulfonamides is 1. The van der Waals surface area contributed by atoms with Gasteiger partial charge >= 0.3 is 0 Å². The molecule has 1 amide bonds. The molecule has 1 aliphatic heterocycles. The van der Waals surface area contributed by atoms with Crippen LogP contribution in [-0.4, -0.2) is 57.4 Å². The van der Waals surface area contributed by atoms with Gasteiger partial charge in [0.05, 0.1) is 15.3 Å². The lowest BCUT2D eigenvalue weighted by atomic mass is 10.2. The standard InChI is InChI=1S/C25H23FN4O3S2/c1-28(19-6-3-2-4-7-19)35(32,33)20-12-10-18(11-13-20)24(31)29-14-16-30(17-15-29)25-27-23-21(26)8-5-9-22(23)34-25/h2-13H,14-17H2,1H3. The molecule has 10 heteroatoms. The van der Waals surface area contributed by atoms with E-state index in [4.69, 9.17) is 0 Å². The summed E-state index contributed by atoms with van der Waals surface area (Å²) in [5.41, 5.74) is 1.36. The third kappa shape index (κ3) is 4.46. The van der Waals surface area contributed by atoms with Gasteiger partial charge in [-0.2, -0.15) is 0 Å². The Morgan fingerprint density at radius 3 is 2.29 bits per heavy atom. The number of rotatable bonds is 5. The molecule has 0 N–H and O–H groups in total. The molecule has 0 unspecified atom stereocenters. The van der Waals surface area contributed by atoms with Gasteiger partial charge in [-0.25, -0.2) is 17.8 Å². The predicted octanol–water partition coefficient (Wildman–Crippen LogP) is 4.22. The number of amides is 1. The highest BCUT2D eigenvalue weighted by Gasteiger charge is 2.26. The molecule has 1 aliphatic rings. The van der Waals surface area contributed by atoms with E-state index in [1.807, 2.05) is 12.1 Å². The van der Waals surface area contributed by atoms with Crippen molar-refractivity contribution in [3.05, 3.63) is 84.2 Å². The number of para-hydroxylation sites is 2. The topological polar surface area (TPSA) is 73.8 Å². The second kappa shape index (κ2) is 9.27. The number of piperazine rings is 1. The van der Waals surface area contributed by atoms with E-state index in [2.05, 4.69) is 9.88 Å². The van der Waals surface area contributed by atoms with Crippen molar-refractivity contribution in [3.8, 4) is 0 Å². The number of benzene rings is 3. The molecular weight excluding hydrogens is 487 g/mol. The zero-order valence-electron chi connectivity index (χ0n) is 19.0. The van der Waals surface area contributed by atoms with Crippen molar-refractivity contribution in [1.82, 2.24) is 9.88 Å². The molecule has 7 nitrogen and oxygen atoms in total. The quantitative estimate of drug-likeness (QED) is 0.402. The van der Waals surface area contributed by atoms with E-state index < -0.39 is 10.0 Å². The van der Waals surface area contributed by atoms with Gasteiger partial charge in [-0.15, -0.1) is 0 Å². The summed E-state index contributed by atoms with van der Waals surface area (Å²) in [6, 6.07) is 19.8. The Hall–Kier alpha value is -3.50. The zero-order chi connectivity index (χ0) is 24.6. The Morgan fingerprint density at radius 1 is 0.943 bits per heavy atom. The molecule has 0 atom stereocenters. The van der Waals surface area contributed by atoms with Crippen LogP contribution in [0.25, 0.3) is 10.2 Å². The Balaban J connectivity index is 1.25. The lowest BCUT2D eigenvalue weighted by Gasteiger charge is -2.34. The van der Waals surface area contributed by atoms with E-state index in [0.717, 1.165) is 9.83 Å². The molecular formula is C25H23FN4O3S2. The first-order chi connectivity index (χ1) is 16.8. The zero-order valence-corrected chi connectivity index (χ0v) is 20.6. The van der Waals surface area contributed by atoms with Crippen molar-refractivity contribution in [2.45, 2.75) is 4.90 Å². The first kappa shape index (κ1) is 23.3. The number of carbonyl (C=O) groups excluding carboxylic acids is 1. The van der Waals surface area contributed by atoms with E-state index in [-0.39, 0.29) is 16.6 Å². The van der Waals surface area contributed by atoms with E-state index in [0.29, 0.717) is 42.9 Å². The van der Waals surface area contributed by atoms with Crippen LogP contribution >= 0.6 is 11.3 Å². The third-order valence-electron chi connectivity index (χ3n) is 6.08. The number of thiazole rings is 1. The number of anilines is 2. The van der Waals surface area contributed by atoms with E-state index >= 15 is 0 Å². The van der Waals surface area contributed by atoms with E-state index in [9.17, 15) is 17.6 Å².